The summed E-state index contributed by atoms with van der Waals surface area (Å²) in [5.74, 6) is 3.71. The second-order valence-electron chi connectivity index (χ2n) is 1.69. The molecular weight excluding hydrogens is 112 g/mol. The maximum Gasteiger partial charge on any atom is 0.107 e. The molecule has 0 aromatic carbocycles. The minimum atomic E-state index is 0.935. The summed E-state index contributed by atoms with van der Waals surface area (Å²) < 4.78 is 0. The van der Waals surface area contributed by atoms with E-state index in [9.17, 15) is 0 Å². The van der Waals surface area contributed by atoms with Crippen molar-refractivity contribution in [2.45, 2.75) is 13.8 Å². The van der Waals surface area contributed by atoms with Gasteiger partial charge in [0.15, 0.2) is 0 Å². The molecule has 0 aromatic rings. The summed E-state index contributed by atoms with van der Waals surface area (Å²) in [6.45, 7) is 3.73. The zero-order valence-electron chi connectivity index (χ0n) is 6.39. The predicted octanol–water partition coefficient (Wildman–Crippen LogP) is 0.947. The van der Waals surface area contributed by atoms with Crippen LogP contribution in [0, 0.1) is 12.0 Å². The summed E-state index contributed by atoms with van der Waals surface area (Å²) in [5.41, 5.74) is 0. The first kappa shape index (κ1) is 8.03. The standard InChI is InChI=1S/C7H12N2/c1-5-6-9(4)7(2)8-3/h1-4H3. The van der Waals surface area contributed by atoms with Crippen LogP contribution in [0.25, 0.3) is 0 Å². The average molecular weight is 124 g/mol. The van der Waals surface area contributed by atoms with Gasteiger partial charge in [0.1, 0.15) is 5.84 Å². The van der Waals surface area contributed by atoms with E-state index in [2.05, 4.69) is 17.0 Å². The van der Waals surface area contributed by atoms with Gasteiger partial charge in [-0.15, -0.1) is 0 Å². The summed E-state index contributed by atoms with van der Waals surface area (Å²) in [4.78, 5) is 5.74. The minimum absolute atomic E-state index is 0.935. The maximum atomic E-state index is 3.95. The second-order valence-corrected chi connectivity index (χ2v) is 1.69. The van der Waals surface area contributed by atoms with Crippen molar-refractivity contribution >= 4 is 5.84 Å². The summed E-state index contributed by atoms with van der Waals surface area (Å²) in [6.07, 6.45) is 0. The topological polar surface area (TPSA) is 15.6 Å². The Hall–Kier alpha value is -0.970. The van der Waals surface area contributed by atoms with Gasteiger partial charge >= 0.3 is 0 Å². The van der Waals surface area contributed by atoms with E-state index in [1.54, 1.807) is 18.9 Å². The molecule has 0 rings (SSSR count). The molecule has 0 amide bonds. The van der Waals surface area contributed by atoms with Gasteiger partial charge in [0.2, 0.25) is 0 Å². The quantitative estimate of drug-likeness (QED) is 0.203. The van der Waals surface area contributed by atoms with Crippen LogP contribution >= 0.6 is 0 Å². The lowest BCUT2D eigenvalue weighted by Gasteiger charge is -2.07. The molecule has 0 bridgehead atoms. The van der Waals surface area contributed by atoms with Crippen LogP contribution in [-0.4, -0.2) is 24.8 Å². The van der Waals surface area contributed by atoms with Crippen LogP contribution < -0.4 is 0 Å². The van der Waals surface area contributed by atoms with Gasteiger partial charge in [-0.2, -0.15) is 0 Å². The SMILES string of the molecule is CC#CN(C)C(C)=NC. The van der Waals surface area contributed by atoms with Crippen LogP contribution in [0.4, 0.5) is 0 Å². The number of rotatable bonds is 0. The molecule has 0 heterocycles. The molecule has 0 spiro atoms. The fraction of sp³-hybridized carbons (Fsp3) is 0.571. The molecule has 0 atom stereocenters. The molecule has 0 aliphatic carbocycles. The Balaban J connectivity index is 3.99. The second kappa shape index (κ2) is 3.96. The highest BCUT2D eigenvalue weighted by molar-refractivity contribution is 5.80. The molecule has 0 unspecified atom stereocenters. The molecular formula is C7H12N2. The Morgan fingerprint density at radius 1 is 1.56 bits per heavy atom. The molecule has 0 N–H and O–H groups in total. The van der Waals surface area contributed by atoms with Crippen LogP contribution in [0.2, 0.25) is 0 Å². The van der Waals surface area contributed by atoms with Gasteiger partial charge in [-0.05, 0) is 13.8 Å². The van der Waals surface area contributed by atoms with Crippen molar-refractivity contribution in [2.75, 3.05) is 14.1 Å². The molecule has 0 saturated carbocycles. The van der Waals surface area contributed by atoms with Crippen LogP contribution in [0.15, 0.2) is 4.99 Å². The van der Waals surface area contributed by atoms with Gasteiger partial charge in [0.25, 0.3) is 0 Å². The lowest BCUT2D eigenvalue weighted by Crippen LogP contribution is -2.17. The predicted molar refractivity (Wildman–Crippen MR) is 40.2 cm³/mol. The number of hydrogen-bond donors (Lipinski definition) is 0. The van der Waals surface area contributed by atoms with Crippen LogP contribution in [0.5, 0.6) is 0 Å². The van der Waals surface area contributed by atoms with Crippen LogP contribution in [-0.2, 0) is 0 Å². The highest BCUT2D eigenvalue weighted by Crippen LogP contribution is 1.81. The average Bonchev–Trinajstić information content (AvgIpc) is 1.87. The van der Waals surface area contributed by atoms with Gasteiger partial charge < -0.3 is 0 Å². The van der Waals surface area contributed by atoms with Gasteiger partial charge in [0, 0.05) is 20.1 Å². The maximum absolute atomic E-state index is 3.95. The largest absolute Gasteiger partial charge is 0.293 e. The lowest BCUT2D eigenvalue weighted by atomic mass is 10.6. The van der Waals surface area contributed by atoms with E-state index in [4.69, 9.17) is 0 Å². The first-order valence-corrected chi connectivity index (χ1v) is 2.82. The van der Waals surface area contributed by atoms with E-state index in [1.807, 2.05) is 14.0 Å². The van der Waals surface area contributed by atoms with E-state index in [1.165, 1.54) is 0 Å². The zero-order chi connectivity index (χ0) is 7.28. The number of amidine groups is 1. The van der Waals surface area contributed by atoms with Gasteiger partial charge in [0.05, 0.1) is 0 Å². The molecule has 0 aliphatic heterocycles. The minimum Gasteiger partial charge on any atom is -0.293 e. The van der Waals surface area contributed by atoms with Gasteiger partial charge in [-0.25, -0.2) is 0 Å². The molecule has 2 heteroatoms. The Morgan fingerprint density at radius 3 is 2.44 bits per heavy atom. The summed E-state index contributed by atoms with van der Waals surface area (Å²) >= 11 is 0. The third kappa shape index (κ3) is 2.76. The van der Waals surface area contributed by atoms with Gasteiger partial charge in [-0.3, -0.25) is 9.89 Å². The first-order chi connectivity index (χ1) is 4.22. The Bertz CT molecular complexity index is 159. The fourth-order valence-electron chi connectivity index (χ4n) is 0.399. The van der Waals surface area contributed by atoms with E-state index < -0.39 is 0 Å². The van der Waals surface area contributed by atoms with Crippen molar-refractivity contribution < 1.29 is 0 Å². The van der Waals surface area contributed by atoms with Crippen molar-refractivity contribution in [3.8, 4) is 12.0 Å². The summed E-state index contributed by atoms with van der Waals surface area (Å²) in [6, 6.07) is 2.85. The Morgan fingerprint density at radius 2 is 2.11 bits per heavy atom. The Kier molecular flexibility index (Phi) is 3.54. The van der Waals surface area contributed by atoms with E-state index >= 15 is 0 Å². The summed E-state index contributed by atoms with van der Waals surface area (Å²) in [7, 11) is 3.64. The monoisotopic (exact) mass is 124 g/mol. The van der Waals surface area contributed by atoms with E-state index in [0.717, 1.165) is 5.84 Å². The molecule has 50 valence electrons. The fourth-order valence-corrected chi connectivity index (χ4v) is 0.399. The Labute approximate surface area is 56.6 Å². The van der Waals surface area contributed by atoms with Crippen molar-refractivity contribution in [1.29, 1.82) is 0 Å². The molecule has 2 nitrogen and oxygen atoms in total. The molecule has 0 aromatic heterocycles. The number of nitrogens with zero attached hydrogens (tertiary/aromatic N) is 2. The third-order valence-electron chi connectivity index (χ3n) is 1.09. The third-order valence-corrected chi connectivity index (χ3v) is 1.09. The summed E-state index contributed by atoms with van der Waals surface area (Å²) in [5, 5.41) is 0. The molecule has 0 saturated heterocycles. The number of hydrogen-bond acceptors (Lipinski definition) is 1. The van der Waals surface area contributed by atoms with Crippen molar-refractivity contribution in [3.63, 3.8) is 0 Å². The lowest BCUT2D eigenvalue weighted by molar-refractivity contribution is 0.718. The molecule has 0 fully saturated rings. The molecule has 9 heavy (non-hydrogen) atoms. The van der Waals surface area contributed by atoms with Crippen molar-refractivity contribution in [1.82, 2.24) is 4.90 Å². The highest BCUT2D eigenvalue weighted by atomic mass is 15.1. The van der Waals surface area contributed by atoms with Crippen molar-refractivity contribution in [3.05, 3.63) is 0 Å². The normalized spacial score (nSPS) is 10.0. The van der Waals surface area contributed by atoms with Gasteiger partial charge in [-0.1, -0.05) is 5.92 Å². The van der Waals surface area contributed by atoms with Crippen molar-refractivity contribution in [2.24, 2.45) is 4.99 Å². The van der Waals surface area contributed by atoms with Crippen LogP contribution in [0.3, 0.4) is 0 Å². The van der Waals surface area contributed by atoms with E-state index in [0.29, 0.717) is 0 Å². The first-order valence-electron chi connectivity index (χ1n) is 2.82. The van der Waals surface area contributed by atoms with Crippen LogP contribution in [0.1, 0.15) is 13.8 Å². The molecule has 0 radical (unpaired) electrons. The number of aliphatic imine (C=N–C) groups is 1. The zero-order valence-corrected chi connectivity index (χ0v) is 6.39. The smallest absolute Gasteiger partial charge is 0.107 e. The molecule has 0 aliphatic rings. The van der Waals surface area contributed by atoms with E-state index in [-0.39, 0.29) is 0 Å². The highest BCUT2D eigenvalue weighted by Gasteiger charge is 1.90.